The molecule has 0 aliphatic carbocycles. The summed E-state index contributed by atoms with van der Waals surface area (Å²) in [6.45, 7) is 1.40. The maximum absolute atomic E-state index is 12.6. The van der Waals surface area contributed by atoms with Crippen molar-refractivity contribution in [3.05, 3.63) is 36.8 Å². The van der Waals surface area contributed by atoms with Crippen molar-refractivity contribution in [2.24, 2.45) is 0 Å². The van der Waals surface area contributed by atoms with Crippen LogP contribution in [0.3, 0.4) is 0 Å². The standard InChI is InChI=1S/C13H12N8.C7H11F2NO/c1-15-12-11-8(4-6-21(11)19-13(14)17-12)9-2-3-10-16-5-7-20(10)18-9;1-6(11)10-4-2-3-7(8,9)5-10/h2-7H,1H3,(H3,14,15,17,19);2-5H2,1H3. The molecule has 0 aromatic carbocycles. The van der Waals surface area contributed by atoms with Crippen LogP contribution in [0.1, 0.15) is 19.8 Å². The average molecular weight is 443 g/mol. The molecule has 1 saturated heterocycles. The molecular formula is C20H23F2N9O. The van der Waals surface area contributed by atoms with E-state index in [9.17, 15) is 13.6 Å². The smallest absolute Gasteiger partial charge is 0.265 e. The van der Waals surface area contributed by atoms with Crippen LogP contribution in [0.25, 0.3) is 22.4 Å². The first-order chi connectivity index (χ1) is 15.3. The summed E-state index contributed by atoms with van der Waals surface area (Å²) in [5.74, 6) is -2.05. The molecule has 4 aromatic heterocycles. The van der Waals surface area contributed by atoms with Gasteiger partial charge < -0.3 is 16.0 Å². The molecule has 0 unspecified atom stereocenters. The number of nitrogen functional groups attached to an aromatic ring is 1. The number of aromatic nitrogens is 6. The summed E-state index contributed by atoms with van der Waals surface area (Å²) in [6, 6.07) is 5.78. The van der Waals surface area contributed by atoms with Crippen molar-refractivity contribution in [2.75, 3.05) is 31.2 Å². The number of fused-ring (bicyclic) bond motifs is 2. The van der Waals surface area contributed by atoms with Gasteiger partial charge in [0.05, 0.1) is 12.2 Å². The monoisotopic (exact) mass is 443 g/mol. The average Bonchev–Trinajstić information content (AvgIpc) is 3.39. The molecule has 4 aromatic rings. The zero-order valence-corrected chi connectivity index (χ0v) is 17.7. The Labute approximate surface area is 182 Å². The first kappa shape index (κ1) is 21.4. The molecule has 1 aliphatic rings. The highest BCUT2D eigenvalue weighted by atomic mass is 19.3. The Morgan fingerprint density at radius 2 is 2.00 bits per heavy atom. The Kier molecular flexibility index (Phi) is 5.59. The lowest BCUT2D eigenvalue weighted by Crippen LogP contribution is -2.44. The van der Waals surface area contributed by atoms with E-state index in [1.807, 2.05) is 30.6 Å². The number of carbonyl (C=O) groups is 1. The van der Waals surface area contributed by atoms with Crippen LogP contribution in [-0.2, 0) is 4.79 Å². The van der Waals surface area contributed by atoms with Crippen molar-refractivity contribution in [3.63, 3.8) is 0 Å². The maximum atomic E-state index is 12.6. The van der Waals surface area contributed by atoms with Gasteiger partial charge in [0.2, 0.25) is 11.9 Å². The lowest BCUT2D eigenvalue weighted by atomic mass is 10.1. The van der Waals surface area contributed by atoms with E-state index in [1.54, 1.807) is 22.3 Å². The van der Waals surface area contributed by atoms with Crippen LogP contribution in [0.15, 0.2) is 36.8 Å². The summed E-state index contributed by atoms with van der Waals surface area (Å²) in [4.78, 5) is 20.3. The number of anilines is 2. The zero-order chi connectivity index (χ0) is 22.9. The van der Waals surface area contributed by atoms with Crippen LogP contribution >= 0.6 is 0 Å². The Bertz CT molecular complexity index is 1270. The summed E-state index contributed by atoms with van der Waals surface area (Å²) >= 11 is 0. The van der Waals surface area contributed by atoms with Crippen molar-refractivity contribution in [1.29, 1.82) is 0 Å². The van der Waals surface area contributed by atoms with E-state index >= 15 is 0 Å². The molecule has 0 atom stereocenters. The van der Waals surface area contributed by atoms with E-state index in [-0.39, 0.29) is 18.3 Å². The third-order valence-electron chi connectivity index (χ3n) is 5.13. The maximum Gasteiger partial charge on any atom is 0.265 e. The van der Waals surface area contributed by atoms with Crippen LogP contribution < -0.4 is 11.1 Å². The number of nitrogens with zero attached hydrogens (tertiary/aromatic N) is 7. The number of nitrogens with one attached hydrogen (secondary N) is 1. The topological polar surface area (TPSA) is 119 Å². The number of carbonyl (C=O) groups excluding carboxylic acids is 1. The molecule has 0 spiro atoms. The van der Waals surface area contributed by atoms with E-state index in [0.717, 1.165) is 22.4 Å². The quantitative estimate of drug-likeness (QED) is 0.488. The summed E-state index contributed by atoms with van der Waals surface area (Å²) in [6.07, 6.45) is 5.68. The molecule has 1 amide bonds. The molecule has 1 aliphatic heterocycles. The molecule has 5 rings (SSSR count). The van der Waals surface area contributed by atoms with E-state index in [4.69, 9.17) is 5.73 Å². The number of hydrogen-bond donors (Lipinski definition) is 2. The normalized spacial score (nSPS) is 15.4. The summed E-state index contributed by atoms with van der Waals surface area (Å²) in [5, 5.41) is 11.8. The minimum absolute atomic E-state index is 0.0865. The van der Waals surface area contributed by atoms with Gasteiger partial charge in [-0.1, -0.05) is 0 Å². The number of nitrogens with two attached hydrogens (primary N) is 1. The van der Waals surface area contributed by atoms with Gasteiger partial charge in [-0.3, -0.25) is 4.79 Å². The fraction of sp³-hybridized carbons (Fsp3) is 0.350. The molecule has 0 bridgehead atoms. The van der Waals surface area contributed by atoms with E-state index in [2.05, 4.69) is 25.5 Å². The summed E-state index contributed by atoms with van der Waals surface area (Å²) in [5.41, 5.74) is 9.07. The largest absolute Gasteiger partial charge is 0.371 e. The minimum atomic E-state index is -2.66. The van der Waals surface area contributed by atoms with Gasteiger partial charge in [-0.25, -0.2) is 22.8 Å². The summed E-state index contributed by atoms with van der Waals surface area (Å²) in [7, 11) is 1.80. The second kappa shape index (κ2) is 8.36. The number of rotatable bonds is 2. The third kappa shape index (κ3) is 4.29. The number of alkyl halides is 2. The van der Waals surface area contributed by atoms with Crippen LogP contribution in [0, 0.1) is 0 Å². The molecule has 10 nitrogen and oxygen atoms in total. The van der Waals surface area contributed by atoms with Crippen molar-refractivity contribution in [1.82, 2.24) is 34.1 Å². The Morgan fingerprint density at radius 1 is 1.19 bits per heavy atom. The lowest BCUT2D eigenvalue weighted by Gasteiger charge is -2.31. The number of hydrogen-bond acceptors (Lipinski definition) is 7. The number of halogens is 2. The molecule has 1 fully saturated rings. The van der Waals surface area contributed by atoms with Gasteiger partial charge in [-0.05, 0) is 24.6 Å². The molecule has 12 heteroatoms. The predicted octanol–water partition coefficient (Wildman–Crippen LogP) is 2.33. The zero-order valence-electron chi connectivity index (χ0n) is 17.7. The molecule has 0 saturated carbocycles. The second-order valence-corrected chi connectivity index (χ2v) is 7.44. The van der Waals surface area contributed by atoms with E-state index < -0.39 is 12.5 Å². The van der Waals surface area contributed by atoms with Crippen molar-refractivity contribution >= 4 is 28.8 Å². The van der Waals surface area contributed by atoms with Gasteiger partial charge >= 0.3 is 0 Å². The Morgan fingerprint density at radius 3 is 2.69 bits per heavy atom. The third-order valence-corrected chi connectivity index (χ3v) is 5.13. The molecule has 3 N–H and O–H groups in total. The molecular weight excluding hydrogens is 420 g/mol. The molecule has 0 radical (unpaired) electrons. The molecule has 168 valence electrons. The molecule has 5 heterocycles. The summed E-state index contributed by atoms with van der Waals surface area (Å²) < 4.78 is 28.7. The fourth-order valence-corrected chi connectivity index (χ4v) is 3.62. The highest BCUT2D eigenvalue weighted by molar-refractivity contribution is 5.87. The SMILES string of the molecule is CC(=O)N1CCCC(F)(F)C1.CNc1nc(N)nn2ccc(-c3ccc4nccn4n3)c12. The minimum Gasteiger partial charge on any atom is -0.371 e. The van der Waals surface area contributed by atoms with Gasteiger partial charge in [0, 0.05) is 51.1 Å². The van der Waals surface area contributed by atoms with Crippen molar-refractivity contribution in [2.45, 2.75) is 25.7 Å². The van der Waals surface area contributed by atoms with Gasteiger partial charge in [0.15, 0.2) is 11.5 Å². The number of piperidine rings is 1. The van der Waals surface area contributed by atoms with Gasteiger partial charge in [-0.2, -0.15) is 10.1 Å². The van der Waals surface area contributed by atoms with Gasteiger partial charge in [-0.15, -0.1) is 5.10 Å². The van der Waals surface area contributed by atoms with Gasteiger partial charge in [0.25, 0.3) is 5.92 Å². The highest BCUT2D eigenvalue weighted by Gasteiger charge is 2.35. The van der Waals surface area contributed by atoms with E-state index in [0.29, 0.717) is 18.8 Å². The number of amides is 1. The Balaban J connectivity index is 0.000000189. The number of likely N-dealkylation sites (tertiary alicyclic amines) is 1. The fourth-order valence-electron chi connectivity index (χ4n) is 3.62. The first-order valence-electron chi connectivity index (χ1n) is 10.0. The number of imidazole rings is 1. The van der Waals surface area contributed by atoms with E-state index in [1.165, 1.54) is 11.8 Å². The van der Waals surface area contributed by atoms with Crippen LogP contribution in [0.2, 0.25) is 0 Å². The Hall–Kier alpha value is -3.83. The van der Waals surface area contributed by atoms with Crippen LogP contribution in [0.4, 0.5) is 20.5 Å². The van der Waals surface area contributed by atoms with Crippen molar-refractivity contribution < 1.29 is 13.6 Å². The first-order valence-corrected chi connectivity index (χ1v) is 10.0. The van der Waals surface area contributed by atoms with Crippen LogP contribution in [0.5, 0.6) is 0 Å². The predicted molar refractivity (Wildman–Crippen MR) is 115 cm³/mol. The van der Waals surface area contributed by atoms with Crippen molar-refractivity contribution in [3.8, 4) is 11.3 Å². The molecule has 32 heavy (non-hydrogen) atoms. The van der Waals surface area contributed by atoms with Gasteiger partial charge in [0.1, 0.15) is 5.52 Å². The lowest BCUT2D eigenvalue weighted by molar-refractivity contribution is -0.139. The second-order valence-electron chi connectivity index (χ2n) is 7.44. The highest BCUT2D eigenvalue weighted by Crippen LogP contribution is 2.28. The van der Waals surface area contributed by atoms with Crippen LogP contribution in [-0.4, -0.2) is 66.1 Å².